The Kier molecular flexibility index (Phi) is 5.08. The van der Waals surface area contributed by atoms with E-state index in [0.29, 0.717) is 10.0 Å². The summed E-state index contributed by atoms with van der Waals surface area (Å²) in [6.07, 6.45) is 0.770. The van der Waals surface area contributed by atoms with Gasteiger partial charge in [-0.1, -0.05) is 36.2 Å². The Morgan fingerprint density at radius 2 is 2.12 bits per heavy atom. The molecule has 0 aromatic heterocycles. The minimum Gasteiger partial charge on any atom is -0.295 e. The van der Waals surface area contributed by atoms with E-state index in [1.807, 2.05) is 19.9 Å². The number of halogens is 2. The average Bonchev–Trinajstić information content (AvgIpc) is 2.25. The summed E-state index contributed by atoms with van der Waals surface area (Å²) < 4.78 is 0. The maximum Gasteiger partial charge on any atom is 0.0954 e. The first kappa shape index (κ1) is 13.3. The Bertz CT molecular complexity index is 398. The molecule has 1 rings (SSSR count). The highest BCUT2D eigenvalue weighted by Gasteiger charge is 2.13. The third-order valence-electron chi connectivity index (χ3n) is 2.44. The number of hydrogen-bond donors (Lipinski definition) is 1. The van der Waals surface area contributed by atoms with Crippen LogP contribution < -0.4 is 5.32 Å². The Hall–Kier alpha value is -0.750. The molecule has 86 valence electrons. The highest BCUT2D eigenvalue weighted by molar-refractivity contribution is 6.35. The van der Waals surface area contributed by atoms with Crippen molar-refractivity contribution in [3.8, 4) is 6.07 Å². The molecule has 0 heterocycles. The SMILES string of the molecule is CCC(C#N)NC(C)c1ccc(Cl)cc1Cl. The molecule has 0 aliphatic rings. The van der Waals surface area contributed by atoms with Crippen LogP contribution in [0.5, 0.6) is 0 Å². The molecule has 0 bridgehead atoms. The van der Waals surface area contributed by atoms with Crippen LogP contribution in [-0.2, 0) is 0 Å². The zero-order valence-corrected chi connectivity index (χ0v) is 10.8. The number of nitrogens with one attached hydrogen (secondary N) is 1. The van der Waals surface area contributed by atoms with E-state index in [1.165, 1.54) is 0 Å². The molecule has 2 atom stereocenters. The van der Waals surface area contributed by atoms with Gasteiger partial charge in [-0.3, -0.25) is 5.32 Å². The average molecular weight is 257 g/mol. The molecule has 2 nitrogen and oxygen atoms in total. The number of rotatable bonds is 4. The molecule has 0 spiro atoms. The first-order valence-corrected chi connectivity index (χ1v) is 5.94. The second kappa shape index (κ2) is 6.10. The van der Waals surface area contributed by atoms with Crippen molar-refractivity contribution in [2.75, 3.05) is 0 Å². The van der Waals surface area contributed by atoms with Crippen LogP contribution >= 0.6 is 23.2 Å². The molecule has 16 heavy (non-hydrogen) atoms. The van der Waals surface area contributed by atoms with Crippen molar-refractivity contribution in [1.82, 2.24) is 5.32 Å². The normalized spacial score (nSPS) is 14.2. The van der Waals surface area contributed by atoms with Gasteiger partial charge < -0.3 is 0 Å². The van der Waals surface area contributed by atoms with Crippen LogP contribution in [0.3, 0.4) is 0 Å². The van der Waals surface area contributed by atoms with Gasteiger partial charge >= 0.3 is 0 Å². The van der Waals surface area contributed by atoms with Gasteiger partial charge in [-0.05, 0) is 31.0 Å². The highest BCUT2D eigenvalue weighted by atomic mass is 35.5. The van der Waals surface area contributed by atoms with Crippen molar-refractivity contribution in [2.45, 2.75) is 32.4 Å². The Morgan fingerprint density at radius 1 is 1.44 bits per heavy atom. The molecule has 1 N–H and O–H groups in total. The van der Waals surface area contributed by atoms with Gasteiger partial charge in [0.2, 0.25) is 0 Å². The highest BCUT2D eigenvalue weighted by Crippen LogP contribution is 2.26. The van der Waals surface area contributed by atoms with Crippen molar-refractivity contribution in [3.05, 3.63) is 33.8 Å². The van der Waals surface area contributed by atoms with Crippen LogP contribution in [0, 0.1) is 11.3 Å². The van der Waals surface area contributed by atoms with Crippen LogP contribution in [0.1, 0.15) is 31.9 Å². The summed E-state index contributed by atoms with van der Waals surface area (Å²) in [7, 11) is 0. The van der Waals surface area contributed by atoms with Gasteiger partial charge in [-0.15, -0.1) is 0 Å². The molecule has 0 saturated heterocycles. The van der Waals surface area contributed by atoms with Gasteiger partial charge in [-0.2, -0.15) is 5.26 Å². The van der Waals surface area contributed by atoms with E-state index < -0.39 is 0 Å². The first-order valence-electron chi connectivity index (χ1n) is 5.19. The predicted molar refractivity (Wildman–Crippen MR) is 67.7 cm³/mol. The second-order valence-electron chi connectivity index (χ2n) is 3.64. The summed E-state index contributed by atoms with van der Waals surface area (Å²) in [5.41, 5.74) is 0.958. The lowest BCUT2D eigenvalue weighted by Gasteiger charge is -2.18. The van der Waals surface area contributed by atoms with Crippen molar-refractivity contribution in [2.24, 2.45) is 0 Å². The molecule has 2 unspecified atom stereocenters. The van der Waals surface area contributed by atoms with E-state index in [9.17, 15) is 0 Å². The summed E-state index contributed by atoms with van der Waals surface area (Å²) in [5, 5.41) is 13.3. The molecule has 0 saturated carbocycles. The minimum atomic E-state index is -0.151. The van der Waals surface area contributed by atoms with E-state index in [1.54, 1.807) is 12.1 Å². The molecular weight excluding hydrogens is 243 g/mol. The molecule has 0 aliphatic carbocycles. The summed E-state index contributed by atoms with van der Waals surface area (Å²) in [5.74, 6) is 0. The molecule has 0 aliphatic heterocycles. The van der Waals surface area contributed by atoms with Crippen LogP contribution in [-0.4, -0.2) is 6.04 Å². The first-order chi connectivity index (χ1) is 7.58. The van der Waals surface area contributed by atoms with E-state index in [2.05, 4.69) is 11.4 Å². The monoisotopic (exact) mass is 256 g/mol. The standard InChI is InChI=1S/C12H14Cl2N2/c1-3-10(7-15)16-8(2)11-5-4-9(13)6-12(11)14/h4-6,8,10,16H,3H2,1-2H3. The molecule has 0 amide bonds. The van der Waals surface area contributed by atoms with Gasteiger partial charge in [-0.25, -0.2) is 0 Å². The molecule has 0 radical (unpaired) electrons. The molecular formula is C12H14Cl2N2. The van der Waals surface area contributed by atoms with Crippen molar-refractivity contribution < 1.29 is 0 Å². The van der Waals surface area contributed by atoms with Crippen LogP contribution in [0.15, 0.2) is 18.2 Å². The molecule has 0 fully saturated rings. The fourth-order valence-corrected chi connectivity index (χ4v) is 2.06. The van der Waals surface area contributed by atoms with Crippen LogP contribution in [0.25, 0.3) is 0 Å². The number of nitriles is 1. The molecule has 4 heteroatoms. The van der Waals surface area contributed by atoms with Crippen LogP contribution in [0.4, 0.5) is 0 Å². The second-order valence-corrected chi connectivity index (χ2v) is 4.49. The number of benzene rings is 1. The third-order valence-corrected chi connectivity index (χ3v) is 3.01. The fraction of sp³-hybridized carbons (Fsp3) is 0.417. The van der Waals surface area contributed by atoms with Crippen molar-refractivity contribution >= 4 is 23.2 Å². The van der Waals surface area contributed by atoms with Crippen molar-refractivity contribution in [1.29, 1.82) is 5.26 Å². The maximum absolute atomic E-state index is 8.87. The fourth-order valence-electron chi connectivity index (χ4n) is 1.49. The lowest BCUT2D eigenvalue weighted by atomic mass is 10.1. The lowest BCUT2D eigenvalue weighted by molar-refractivity contribution is 0.509. The summed E-state index contributed by atoms with van der Waals surface area (Å²) in [4.78, 5) is 0. The third kappa shape index (κ3) is 3.38. The molecule has 1 aromatic rings. The number of nitrogens with zero attached hydrogens (tertiary/aromatic N) is 1. The largest absolute Gasteiger partial charge is 0.295 e. The van der Waals surface area contributed by atoms with Gasteiger partial charge in [0.25, 0.3) is 0 Å². The van der Waals surface area contributed by atoms with Gasteiger partial charge in [0.15, 0.2) is 0 Å². The van der Waals surface area contributed by atoms with Crippen LogP contribution in [0.2, 0.25) is 10.0 Å². The summed E-state index contributed by atoms with van der Waals surface area (Å²) in [6.45, 7) is 3.95. The van der Waals surface area contributed by atoms with E-state index in [4.69, 9.17) is 28.5 Å². The maximum atomic E-state index is 8.87. The van der Waals surface area contributed by atoms with Gasteiger partial charge in [0, 0.05) is 16.1 Å². The Labute approximate surface area is 106 Å². The van der Waals surface area contributed by atoms with Gasteiger partial charge in [0.05, 0.1) is 12.1 Å². The zero-order chi connectivity index (χ0) is 12.1. The quantitative estimate of drug-likeness (QED) is 0.886. The lowest BCUT2D eigenvalue weighted by Crippen LogP contribution is -2.29. The van der Waals surface area contributed by atoms with E-state index in [0.717, 1.165) is 12.0 Å². The Morgan fingerprint density at radius 3 is 2.62 bits per heavy atom. The summed E-state index contributed by atoms with van der Waals surface area (Å²) in [6, 6.07) is 7.48. The van der Waals surface area contributed by atoms with Gasteiger partial charge in [0.1, 0.15) is 0 Å². The zero-order valence-electron chi connectivity index (χ0n) is 9.30. The topological polar surface area (TPSA) is 35.8 Å². The van der Waals surface area contributed by atoms with E-state index >= 15 is 0 Å². The minimum absolute atomic E-state index is 0.0365. The van der Waals surface area contributed by atoms with E-state index in [-0.39, 0.29) is 12.1 Å². The number of hydrogen-bond acceptors (Lipinski definition) is 2. The van der Waals surface area contributed by atoms with Crippen molar-refractivity contribution in [3.63, 3.8) is 0 Å². The molecule has 1 aromatic carbocycles. The smallest absolute Gasteiger partial charge is 0.0954 e. The predicted octanol–water partition coefficient (Wildman–Crippen LogP) is 3.95. The Balaban J connectivity index is 2.81. The summed E-state index contributed by atoms with van der Waals surface area (Å²) >= 11 is 11.9.